The summed E-state index contributed by atoms with van der Waals surface area (Å²) in [6.07, 6.45) is -1.34. The van der Waals surface area contributed by atoms with E-state index in [0.29, 0.717) is 11.3 Å². The van der Waals surface area contributed by atoms with Gasteiger partial charge in [0.15, 0.2) is 11.5 Å². The van der Waals surface area contributed by atoms with Gasteiger partial charge in [-0.25, -0.2) is 8.78 Å². The molecule has 16 heavy (non-hydrogen) atoms. The number of halogens is 2. The lowest BCUT2D eigenvalue weighted by Crippen LogP contribution is -2.07. The number of ether oxygens (including phenoxy) is 2. The minimum absolute atomic E-state index is 0.220. The summed E-state index contributed by atoms with van der Waals surface area (Å²) in [5.41, 5.74) is 0.573. The second-order valence-corrected chi connectivity index (χ2v) is 2.86. The molecule has 6 heteroatoms. The third-order valence-electron chi connectivity index (χ3n) is 1.76. The number of benzene rings is 1. The molecule has 0 aliphatic rings. The zero-order valence-corrected chi connectivity index (χ0v) is 8.56. The molecule has 1 aromatic rings. The van der Waals surface area contributed by atoms with Crippen LogP contribution in [0.25, 0.3) is 0 Å². The summed E-state index contributed by atoms with van der Waals surface area (Å²) >= 11 is 0. The van der Waals surface area contributed by atoms with Gasteiger partial charge in [0.1, 0.15) is 6.61 Å². The van der Waals surface area contributed by atoms with Crippen molar-refractivity contribution in [3.05, 3.63) is 23.8 Å². The maximum Gasteiger partial charge on any atom is 0.272 e. The van der Waals surface area contributed by atoms with Gasteiger partial charge in [-0.3, -0.25) is 0 Å². The molecule has 0 spiro atoms. The predicted molar refractivity (Wildman–Crippen MR) is 53.9 cm³/mol. The van der Waals surface area contributed by atoms with Crippen LogP contribution >= 0.6 is 0 Å². The van der Waals surface area contributed by atoms with Gasteiger partial charge >= 0.3 is 0 Å². The van der Waals surface area contributed by atoms with Crippen LogP contribution in [-0.4, -0.2) is 31.6 Å². The summed E-state index contributed by atoms with van der Waals surface area (Å²) in [6.45, 7) is -0.691. The highest BCUT2D eigenvalue weighted by Crippen LogP contribution is 2.27. The van der Waals surface area contributed by atoms with Gasteiger partial charge in [-0.15, -0.1) is 0 Å². The van der Waals surface area contributed by atoms with E-state index >= 15 is 0 Å². The third-order valence-corrected chi connectivity index (χ3v) is 1.76. The number of methoxy groups -OCH3 is 1. The molecule has 0 atom stereocenters. The topological polar surface area (TPSA) is 51.0 Å². The molecule has 1 aromatic carbocycles. The largest absolute Gasteiger partial charge is 0.493 e. The van der Waals surface area contributed by atoms with Crippen LogP contribution in [0.2, 0.25) is 0 Å². The van der Waals surface area contributed by atoms with Gasteiger partial charge in [0.2, 0.25) is 0 Å². The van der Waals surface area contributed by atoms with Crippen molar-refractivity contribution in [3.63, 3.8) is 0 Å². The second-order valence-electron chi connectivity index (χ2n) is 2.86. The van der Waals surface area contributed by atoms with Crippen molar-refractivity contribution in [1.82, 2.24) is 0 Å². The van der Waals surface area contributed by atoms with E-state index in [2.05, 4.69) is 5.16 Å². The molecule has 0 amide bonds. The lowest BCUT2D eigenvalue weighted by Gasteiger charge is -2.10. The van der Waals surface area contributed by atoms with Gasteiger partial charge in [-0.1, -0.05) is 5.16 Å². The third kappa shape index (κ3) is 3.38. The van der Waals surface area contributed by atoms with E-state index in [4.69, 9.17) is 14.7 Å². The van der Waals surface area contributed by atoms with Gasteiger partial charge in [-0.05, 0) is 18.2 Å². The molecule has 0 aliphatic carbocycles. The molecule has 1 rings (SSSR count). The van der Waals surface area contributed by atoms with E-state index in [-0.39, 0.29) is 5.75 Å². The Morgan fingerprint density at radius 2 is 2.19 bits per heavy atom. The van der Waals surface area contributed by atoms with E-state index in [1.807, 2.05) is 0 Å². The Morgan fingerprint density at radius 1 is 1.44 bits per heavy atom. The van der Waals surface area contributed by atoms with Gasteiger partial charge in [0, 0.05) is 5.56 Å². The average Bonchev–Trinajstić information content (AvgIpc) is 2.27. The maximum atomic E-state index is 11.9. The Bertz CT molecular complexity index is 369. The minimum atomic E-state index is -2.54. The standard InChI is InChI=1S/C10H11F2NO3/c1-15-9-4-7(5-13-14)2-3-8(9)16-6-10(11)12/h2-5,10,14H,6H2,1H3/b13-5+. The fraction of sp³-hybridized carbons (Fsp3) is 0.300. The van der Waals surface area contributed by atoms with Crippen LogP contribution in [0.4, 0.5) is 8.78 Å². The first-order valence-corrected chi connectivity index (χ1v) is 4.43. The van der Waals surface area contributed by atoms with Crippen molar-refractivity contribution in [3.8, 4) is 11.5 Å². The Labute approximate surface area is 91.1 Å². The summed E-state index contributed by atoms with van der Waals surface area (Å²) in [4.78, 5) is 0. The van der Waals surface area contributed by atoms with Crippen molar-refractivity contribution < 1.29 is 23.5 Å². The second kappa shape index (κ2) is 5.89. The molecule has 0 saturated heterocycles. The molecule has 88 valence electrons. The van der Waals surface area contributed by atoms with Crippen molar-refractivity contribution in [2.45, 2.75) is 6.43 Å². The molecule has 0 aromatic heterocycles. The first-order valence-electron chi connectivity index (χ1n) is 4.43. The fourth-order valence-corrected chi connectivity index (χ4v) is 1.10. The smallest absolute Gasteiger partial charge is 0.272 e. The van der Waals surface area contributed by atoms with Crippen LogP contribution in [0.5, 0.6) is 11.5 Å². The van der Waals surface area contributed by atoms with E-state index in [0.717, 1.165) is 0 Å². The van der Waals surface area contributed by atoms with Crippen LogP contribution in [0, 0.1) is 0 Å². The lowest BCUT2D eigenvalue weighted by molar-refractivity contribution is 0.0804. The van der Waals surface area contributed by atoms with Gasteiger partial charge in [0.25, 0.3) is 6.43 Å². The Hall–Kier alpha value is -1.85. The number of hydrogen-bond acceptors (Lipinski definition) is 4. The molecule has 0 aliphatic heterocycles. The molecule has 0 fully saturated rings. The Kier molecular flexibility index (Phi) is 4.50. The van der Waals surface area contributed by atoms with Crippen LogP contribution in [0.15, 0.2) is 23.4 Å². The molecule has 0 radical (unpaired) electrons. The SMILES string of the molecule is COc1cc(/C=N/O)ccc1OCC(F)F. The first-order chi connectivity index (χ1) is 7.67. The molecule has 4 nitrogen and oxygen atoms in total. The number of nitrogens with zero attached hydrogens (tertiary/aromatic N) is 1. The molecular weight excluding hydrogens is 220 g/mol. The summed E-state index contributed by atoms with van der Waals surface area (Å²) < 4.78 is 33.7. The highest BCUT2D eigenvalue weighted by atomic mass is 19.3. The number of hydrogen-bond donors (Lipinski definition) is 1. The van der Waals surface area contributed by atoms with E-state index < -0.39 is 13.0 Å². The predicted octanol–water partition coefficient (Wildman–Crippen LogP) is 2.15. The quantitative estimate of drug-likeness (QED) is 0.480. The zero-order chi connectivity index (χ0) is 12.0. The number of alkyl halides is 2. The molecule has 1 N–H and O–H groups in total. The molecular formula is C10H11F2NO3. The molecule has 0 saturated carbocycles. The van der Waals surface area contributed by atoms with Crippen molar-refractivity contribution in [2.24, 2.45) is 5.16 Å². The number of rotatable bonds is 5. The van der Waals surface area contributed by atoms with Crippen molar-refractivity contribution in [2.75, 3.05) is 13.7 Å². The van der Waals surface area contributed by atoms with Gasteiger partial charge in [-0.2, -0.15) is 0 Å². The fourth-order valence-electron chi connectivity index (χ4n) is 1.10. The van der Waals surface area contributed by atoms with Crippen LogP contribution in [0.3, 0.4) is 0 Å². The van der Waals surface area contributed by atoms with E-state index in [1.165, 1.54) is 25.5 Å². The Balaban J connectivity index is 2.84. The Morgan fingerprint density at radius 3 is 2.75 bits per heavy atom. The normalized spacial score (nSPS) is 11.0. The number of oxime groups is 1. The van der Waals surface area contributed by atoms with E-state index in [9.17, 15) is 8.78 Å². The van der Waals surface area contributed by atoms with Gasteiger partial charge in [0.05, 0.1) is 13.3 Å². The van der Waals surface area contributed by atoms with Crippen LogP contribution in [-0.2, 0) is 0 Å². The highest BCUT2D eigenvalue weighted by molar-refractivity contribution is 5.80. The molecule has 0 bridgehead atoms. The van der Waals surface area contributed by atoms with Crippen molar-refractivity contribution in [1.29, 1.82) is 0 Å². The summed E-state index contributed by atoms with van der Waals surface area (Å²) in [7, 11) is 1.39. The monoisotopic (exact) mass is 231 g/mol. The maximum absolute atomic E-state index is 11.9. The first kappa shape index (κ1) is 12.2. The summed E-state index contributed by atoms with van der Waals surface area (Å²) in [6, 6.07) is 4.54. The average molecular weight is 231 g/mol. The zero-order valence-electron chi connectivity index (χ0n) is 8.56. The lowest BCUT2D eigenvalue weighted by atomic mass is 10.2. The van der Waals surface area contributed by atoms with E-state index in [1.54, 1.807) is 6.07 Å². The summed E-state index contributed by atoms with van der Waals surface area (Å²) in [5, 5.41) is 11.2. The summed E-state index contributed by atoms with van der Waals surface area (Å²) in [5.74, 6) is 0.524. The highest BCUT2D eigenvalue weighted by Gasteiger charge is 2.08. The molecule has 0 unspecified atom stereocenters. The molecule has 0 heterocycles. The van der Waals surface area contributed by atoms with Crippen LogP contribution in [0.1, 0.15) is 5.56 Å². The van der Waals surface area contributed by atoms with Crippen molar-refractivity contribution >= 4 is 6.21 Å². The van der Waals surface area contributed by atoms with Gasteiger partial charge < -0.3 is 14.7 Å². The van der Waals surface area contributed by atoms with Crippen LogP contribution < -0.4 is 9.47 Å². The minimum Gasteiger partial charge on any atom is -0.493 e.